The Labute approximate surface area is 124 Å². The van der Waals surface area contributed by atoms with Gasteiger partial charge in [-0.2, -0.15) is 8.42 Å². The monoisotopic (exact) mass is 308 g/mol. The van der Waals surface area contributed by atoms with Crippen molar-refractivity contribution in [1.82, 2.24) is 0 Å². The number of rotatable bonds is 1. The number of hydrogen-bond donors (Lipinski definition) is 1. The lowest BCUT2D eigenvalue weighted by Crippen LogP contribution is -1.96. The third kappa shape index (κ3) is 3.84. The summed E-state index contributed by atoms with van der Waals surface area (Å²) in [6, 6.07) is 12.0. The fourth-order valence-electron chi connectivity index (χ4n) is 1.45. The maximum absolute atomic E-state index is 10.5. The number of fused-ring (bicyclic) bond motifs is 1. The maximum atomic E-state index is 10.5. The SMILES string of the molecule is C#C.Cc1ccc(S(=O)(=O)O)cc1.Clc1cc2ccc1-2. The van der Waals surface area contributed by atoms with Crippen LogP contribution in [0.3, 0.4) is 0 Å². The number of halogens is 1. The molecule has 1 N–H and O–H groups in total. The largest absolute Gasteiger partial charge is 0.294 e. The van der Waals surface area contributed by atoms with Crippen molar-refractivity contribution in [3.8, 4) is 24.0 Å². The van der Waals surface area contributed by atoms with Crippen LogP contribution in [0.25, 0.3) is 11.1 Å². The van der Waals surface area contributed by atoms with Gasteiger partial charge in [0, 0.05) is 10.6 Å². The summed E-state index contributed by atoms with van der Waals surface area (Å²) in [4.78, 5) is -0.0666. The third-order valence-corrected chi connectivity index (χ3v) is 3.78. The van der Waals surface area contributed by atoms with Gasteiger partial charge in [0.25, 0.3) is 10.1 Å². The second-order valence-electron chi connectivity index (χ2n) is 3.98. The average molecular weight is 309 g/mol. The summed E-state index contributed by atoms with van der Waals surface area (Å²) >= 11 is 5.60. The fraction of sp³-hybridized carbons (Fsp3) is 0.0667. The Morgan fingerprint density at radius 2 is 1.60 bits per heavy atom. The first-order chi connectivity index (χ1) is 9.38. The van der Waals surface area contributed by atoms with E-state index in [0.717, 1.165) is 10.6 Å². The number of aryl methyl sites for hydroxylation is 1. The molecular formula is C15H13ClO3S. The van der Waals surface area contributed by atoms with E-state index in [0.29, 0.717) is 0 Å². The molecule has 0 atom stereocenters. The molecule has 0 spiro atoms. The second-order valence-corrected chi connectivity index (χ2v) is 5.81. The summed E-state index contributed by atoms with van der Waals surface area (Å²) in [6.07, 6.45) is 8.00. The molecule has 0 radical (unpaired) electrons. The van der Waals surface area contributed by atoms with Crippen LogP contribution in [0.2, 0.25) is 5.02 Å². The molecule has 0 saturated heterocycles. The van der Waals surface area contributed by atoms with Gasteiger partial charge in [-0.05, 0) is 30.7 Å². The molecule has 0 aromatic heterocycles. The molecule has 0 amide bonds. The quantitative estimate of drug-likeness (QED) is 0.549. The van der Waals surface area contributed by atoms with E-state index < -0.39 is 10.1 Å². The molecule has 0 heterocycles. The Bertz CT molecular complexity index is 717. The molecule has 0 fully saturated rings. The van der Waals surface area contributed by atoms with Gasteiger partial charge in [-0.1, -0.05) is 41.4 Å². The lowest BCUT2D eigenvalue weighted by Gasteiger charge is -2.15. The fourth-order valence-corrected chi connectivity index (χ4v) is 2.22. The Hall–Kier alpha value is -1.80. The highest BCUT2D eigenvalue weighted by Crippen LogP contribution is 2.39. The van der Waals surface area contributed by atoms with Gasteiger partial charge in [-0.3, -0.25) is 4.55 Å². The van der Waals surface area contributed by atoms with Crippen LogP contribution < -0.4 is 0 Å². The summed E-state index contributed by atoms with van der Waals surface area (Å²) < 4.78 is 29.6. The lowest BCUT2D eigenvalue weighted by molar-refractivity contribution is 0.483. The lowest BCUT2D eigenvalue weighted by atomic mass is 9.94. The van der Waals surface area contributed by atoms with Crippen LogP contribution in [-0.2, 0) is 10.1 Å². The Morgan fingerprint density at radius 1 is 1.05 bits per heavy atom. The van der Waals surface area contributed by atoms with Gasteiger partial charge in [-0.25, -0.2) is 0 Å². The van der Waals surface area contributed by atoms with Crippen molar-refractivity contribution in [2.45, 2.75) is 11.8 Å². The Kier molecular flexibility index (Phi) is 5.34. The first-order valence-corrected chi connectivity index (χ1v) is 7.37. The third-order valence-electron chi connectivity index (χ3n) is 2.60. The summed E-state index contributed by atoms with van der Waals surface area (Å²) in [5.41, 5.74) is 3.50. The molecule has 2 aliphatic rings. The molecule has 3 rings (SSSR count). The predicted octanol–water partition coefficient (Wildman–Crippen LogP) is 3.81. The molecule has 3 nitrogen and oxygen atoms in total. The first kappa shape index (κ1) is 16.3. The molecule has 5 heteroatoms. The van der Waals surface area contributed by atoms with E-state index in [1.165, 1.54) is 23.3 Å². The van der Waals surface area contributed by atoms with Crippen LogP contribution in [0, 0.1) is 19.8 Å². The van der Waals surface area contributed by atoms with Crippen LogP contribution in [0.1, 0.15) is 5.56 Å². The van der Waals surface area contributed by atoms with Gasteiger partial charge in [0.15, 0.2) is 0 Å². The van der Waals surface area contributed by atoms with Crippen LogP contribution in [0.15, 0.2) is 47.4 Å². The van der Waals surface area contributed by atoms with Crippen molar-refractivity contribution in [3.63, 3.8) is 0 Å². The van der Waals surface area contributed by atoms with E-state index in [1.54, 1.807) is 12.1 Å². The second kappa shape index (κ2) is 6.58. The average Bonchev–Trinajstić information content (AvgIpc) is 2.38. The summed E-state index contributed by atoms with van der Waals surface area (Å²) in [6.45, 7) is 1.84. The first-order valence-electron chi connectivity index (χ1n) is 5.55. The predicted molar refractivity (Wildman–Crippen MR) is 81.3 cm³/mol. The zero-order valence-electron chi connectivity index (χ0n) is 10.7. The number of hydrogen-bond acceptors (Lipinski definition) is 2. The minimum Gasteiger partial charge on any atom is -0.282 e. The van der Waals surface area contributed by atoms with E-state index in [9.17, 15) is 8.42 Å². The van der Waals surface area contributed by atoms with Crippen molar-refractivity contribution in [2.24, 2.45) is 0 Å². The maximum Gasteiger partial charge on any atom is 0.294 e. The zero-order chi connectivity index (χ0) is 15.3. The van der Waals surface area contributed by atoms with Gasteiger partial charge in [0.2, 0.25) is 0 Å². The molecule has 1 aromatic rings. The van der Waals surface area contributed by atoms with E-state index in [1.807, 2.05) is 19.1 Å². The number of benzene rings is 2. The van der Waals surface area contributed by atoms with Crippen LogP contribution >= 0.6 is 11.6 Å². The molecule has 0 unspecified atom stereocenters. The summed E-state index contributed by atoms with van der Waals surface area (Å²) in [5, 5.41) is 0.914. The zero-order valence-corrected chi connectivity index (χ0v) is 12.3. The minimum absolute atomic E-state index is 0.0666. The molecule has 20 heavy (non-hydrogen) atoms. The molecule has 0 bridgehead atoms. The molecule has 0 aliphatic heterocycles. The van der Waals surface area contributed by atoms with Gasteiger partial charge in [0.1, 0.15) is 0 Å². The van der Waals surface area contributed by atoms with E-state index in [2.05, 4.69) is 18.9 Å². The normalized spacial score (nSPS) is 10.4. The Balaban J connectivity index is 0.000000189. The van der Waals surface area contributed by atoms with E-state index in [4.69, 9.17) is 16.2 Å². The van der Waals surface area contributed by atoms with Crippen LogP contribution in [0.5, 0.6) is 0 Å². The van der Waals surface area contributed by atoms with E-state index >= 15 is 0 Å². The van der Waals surface area contributed by atoms with Gasteiger partial charge in [-0.15, -0.1) is 12.8 Å². The highest BCUT2D eigenvalue weighted by atomic mass is 35.5. The minimum atomic E-state index is -4.02. The highest BCUT2D eigenvalue weighted by Gasteiger charge is 2.13. The molecular weight excluding hydrogens is 296 g/mol. The van der Waals surface area contributed by atoms with Crippen molar-refractivity contribution >= 4 is 21.7 Å². The van der Waals surface area contributed by atoms with E-state index in [-0.39, 0.29) is 4.90 Å². The van der Waals surface area contributed by atoms with Crippen LogP contribution in [-0.4, -0.2) is 13.0 Å². The molecule has 104 valence electrons. The van der Waals surface area contributed by atoms with Gasteiger partial charge < -0.3 is 0 Å². The Morgan fingerprint density at radius 3 is 1.80 bits per heavy atom. The highest BCUT2D eigenvalue weighted by molar-refractivity contribution is 7.85. The van der Waals surface area contributed by atoms with Crippen LogP contribution in [0.4, 0.5) is 0 Å². The van der Waals surface area contributed by atoms with Crippen molar-refractivity contribution in [3.05, 3.63) is 53.1 Å². The smallest absolute Gasteiger partial charge is 0.282 e. The molecule has 2 aliphatic carbocycles. The van der Waals surface area contributed by atoms with Crippen molar-refractivity contribution in [2.75, 3.05) is 0 Å². The standard InChI is InChI=1S/C7H8O3S.C6H3Cl.C2H2/c1-6-2-4-7(5-3-6)11(8,9)10;7-6-3-4-1-2-5(4)6;1-2/h2-5H,1H3,(H,8,9,10);1-3H;1-2H. The summed E-state index contributed by atoms with van der Waals surface area (Å²) in [5.74, 6) is 0. The van der Waals surface area contributed by atoms with Gasteiger partial charge >= 0.3 is 0 Å². The number of terminal acetylenes is 1. The van der Waals surface area contributed by atoms with Crippen molar-refractivity contribution in [1.29, 1.82) is 0 Å². The van der Waals surface area contributed by atoms with Gasteiger partial charge in [0.05, 0.1) is 4.90 Å². The summed E-state index contributed by atoms with van der Waals surface area (Å²) in [7, 11) is -4.02. The molecule has 0 saturated carbocycles. The molecule has 1 aromatic carbocycles. The van der Waals surface area contributed by atoms with Crippen molar-refractivity contribution < 1.29 is 13.0 Å². The topological polar surface area (TPSA) is 54.4 Å².